The third kappa shape index (κ3) is 7.14. The highest BCUT2D eigenvalue weighted by molar-refractivity contribution is 5.71. The molecule has 0 N–H and O–H groups in total. The summed E-state index contributed by atoms with van der Waals surface area (Å²) in [5, 5.41) is 0. The monoisotopic (exact) mass is 400 g/mol. The highest BCUT2D eigenvalue weighted by atomic mass is 16.6. The topological polar surface area (TPSA) is 71.1 Å². The SMILES string of the molecule is CCOC(=O)COc1ccc(C(CC)c2ccc(OCC(=O)OCC)cc2)cc1. The van der Waals surface area contributed by atoms with Crippen molar-refractivity contribution in [3.63, 3.8) is 0 Å². The summed E-state index contributed by atoms with van der Waals surface area (Å²) in [6.45, 7) is 6.13. The summed E-state index contributed by atoms with van der Waals surface area (Å²) < 4.78 is 20.6. The normalized spacial score (nSPS) is 10.5. The van der Waals surface area contributed by atoms with Gasteiger partial charge in [-0.25, -0.2) is 9.59 Å². The van der Waals surface area contributed by atoms with E-state index < -0.39 is 0 Å². The zero-order valence-corrected chi connectivity index (χ0v) is 17.2. The highest BCUT2D eigenvalue weighted by Crippen LogP contribution is 2.30. The van der Waals surface area contributed by atoms with E-state index in [0.29, 0.717) is 24.7 Å². The third-order valence-corrected chi connectivity index (χ3v) is 4.30. The van der Waals surface area contributed by atoms with Crippen LogP contribution in [-0.4, -0.2) is 38.4 Å². The molecule has 0 aliphatic rings. The van der Waals surface area contributed by atoms with Gasteiger partial charge in [-0.15, -0.1) is 0 Å². The lowest BCUT2D eigenvalue weighted by molar-refractivity contribution is -0.146. The lowest BCUT2D eigenvalue weighted by Crippen LogP contribution is -2.14. The average Bonchev–Trinajstić information content (AvgIpc) is 2.73. The number of hydrogen-bond donors (Lipinski definition) is 0. The Morgan fingerprint density at radius 2 is 1.07 bits per heavy atom. The lowest BCUT2D eigenvalue weighted by Gasteiger charge is -2.17. The van der Waals surface area contributed by atoms with Gasteiger partial charge in [0.2, 0.25) is 0 Å². The molecule has 0 aromatic heterocycles. The lowest BCUT2D eigenvalue weighted by atomic mass is 9.89. The number of ether oxygens (including phenoxy) is 4. The van der Waals surface area contributed by atoms with Crippen LogP contribution in [0.2, 0.25) is 0 Å². The van der Waals surface area contributed by atoms with Gasteiger partial charge >= 0.3 is 11.9 Å². The predicted molar refractivity (Wildman–Crippen MR) is 109 cm³/mol. The maximum atomic E-state index is 11.4. The van der Waals surface area contributed by atoms with Crippen molar-refractivity contribution in [2.45, 2.75) is 33.1 Å². The first-order valence-electron chi connectivity index (χ1n) is 9.84. The van der Waals surface area contributed by atoms with Gasteiger partial charge in [-0.2, -0.15) is 0 Å². The van der Waals surface area contributed by atoms with E-state index in [1.54, 1.807) is 13.8 Å². The maximum Gasteiger partial charge on any atom is 0.344 e. The predicted octanol–water partition coefficient (Wildman–Crippen LogP) is 4.11. The van der Waals surface area contributed by atoms with Crippen LogP contribution in [-0.2, 0) is 19.1 Å². The Bertz CT molecular complexity index is 701. The smallest absolute Gasteiger partial charge is 0.344 e. The molecular weight excluding hydrogens is 372 g/mol. The van der Waals surface area contributed by atoms with Crippen LogP contribution in [0.15, 0.2) is 48.5 Å². The van der Waals surface area contributed by atoms with Crippen molar-refractivity contribution in [2.24, 2.45) is 0 Å². The van der Waals surface area contributed by atoms with Gasteiger partial charge in [-0.1, -0.05) is 31.2 Å². The fraction of sp³-hybridized carbons (Fsp3) is 0.391. The third-order valence-electron chi connectivity index (χ3n) is 4.30. The first-order valence-corrected chi connectivity index (χ1v) is 9.84. The number of carbonyl (C=O) groups is 2. The molecule has 2 aromatic rings. The molecule has 6 heteroatoms. The van der Waals surface area contributed by atoms with Crippen LogP contribution in [0, 0.1) is 0 Å². The van der Waals surface area contributed by atoms with E-state index in [2.05, 4.69) is 6.92 Å². The van der Waals surface area contributed by atoms with Gasteiger partial charge in [0.1, 0.15) is 11.5 Å². The minimum absolute atomic E-state index is 0.0995. The minimum Gasteiger partial charge on any atom is -0.482 e. The van der Waals surface area contributed by atoms with Gasteiger partial charge in [0.25, 0.3) is 0 Å². The number of benzene rings is 2. The van der Waals surface area contributed by atoms with E-state index in [-0.39, 0.29) is 31.1 Å². The Hall–Kier alpha value is -3.02. The van der Waals surface area contributed by atoms with Crippen molar-refractivity contribution in [3.8, 4) is 11.5 Å². The standard InChI is InChI=1S/C23H28O6/c1-4-21(17-7-11-19(12-8-17)28-15-22(24)26-5-2)18-9-13-20(14-10-18)29-16-23(25)27-6-3/h7-14,21H,4-6,15-16H2,1-3H3. The number of esters is 2. The fourth-order valence-corrected chi connectivity index (χ4v) is 2.95. The molecule has 0 heterocycles. The van der Waals surface area contributed by atoms with Crippen molar-refractivity contribution in [2.75, 3.05) is 26.4 Å². The van der Waals surface area contributed by atoms with Gasteiger partial charge in [0.15, 0.2) is 13.2 Å². The van der Waals surface area contributed by atoms with Gasteiger partial charge in [0, 0.05) is 5.92 Å². The van der Waals surface area contributed by atoms with E-state index >= 15 is 0 Å². The molecule has 0 aliphatic carbocycles. The van der Waals surface area contributed by atoms with Crippen molar-refractivity contribution in [1.29, 1.82) is 0 Å². The Labute approximate surface area is 171 Å². The Morgan fingerprint density at radius 3 is 1.38 bits per heavy atom. The Kier molecular flexibility index (Phi) is 9.02. The largest absolute Gasteiger partial charge is 0.482 e. The summed E-state index contributed by atoms with van der Waals surface area (Å²) in [7, 11) is 0. The molecule has 0 atom stereocenters. The van der Waals surface area contributed by atoms with Crippen molar-refractivity contribution >= 4 is 11.9 Å². The van der Waals surface area contributed by atoms with E-state index in [4.69, 9.17) is 18.9 Å². The van der Waals surface area contributed by atoms with Gasteiger partial charge < -0.3 is 18.9 Å². The maximum absolute atomic E-state index is 11.4. The summed E-state index contributed by atoms with van der Waals surface area (Å²) in [5.41, 5.74) is 2.30. The van der Waals surface area contributed by atoms with Crippen LogP contribution in [0.5, 0.6) is 11.5 Å². The van der Waals surface area contributed by atoms with Crippen molar-refractivity contribution in [3.05, 3.63) is 59.7 Å². The van der Waals surface area contributed by atoms with Crippen molar-refractivity contribution in [1.82, 2.24) is 0 Å². The molecule has 0 saturated heterocycles. The van der Waals surface area contributed by atoms with E-state index in [9.17, 15) is 9.59 Å². The summed E-state index contributed by atoms with van der Waals surface area (Å²) in [5.74, 6) is 0.702. The van der Waals surface area contributed by atoms with Crippen LogP contribution < -0.4 is 9.47 Å². The summed E-state index contributed by atoms with van der Waals surface area (Å²) in [4.78, 5) is 22.8. The average molecular weight is 400 g/mol. The molecule has 2 rings (SSSR count). The van der Waals surface area contributed by atoms with Gasteiger partial charge in [-0.05, 0) is 55.7 Å². The molecule has 156 valence electrons. The first-order chi connectivity index (χ1) is 14.1. The van der Waals surface area contributed by atoms with E-state index in [1.807, 2.05) is 48.5 Å². The molecule has 0 amide bonds. The second-order valence-corrected chi connectivity index (χ2v) is 6.29. The molecule has 0 radical (unpaired) electrons. The summed E-state index contributed by atoms with van der Waals surface area (Å²) >= 11 is 0. The molecule has 0 bridgehead atoms. The van der Waals surface area contributed by atoms with Crippen LogP contribution in [0.25, 0.3) is 0 Å². The molecule has 0 unspecified atom stereocenters. The molecule has 29 heavy (non-hydrogen) atoms. The zero-order valence-electron chi connectivity index (χ0n) is 17.2. The summed E-state index contributed by atoms with van der Waals surface area (Å²) in [6, 6.07) is 15.4. The van der Waals surface area contributed by atoms with Gasteiger partial charge in [-0.3, -0.25) is 0 Å². The second-order valence-electron chi connectivity index (χ2n) is 6.29. The molecule has 2 aromatic carbocycles. The number of carbonyl (C=O) groups excluding carboxylic acids is 2. The first kappa shape index (κ1) is 22.3. The molecular formula is C23H28O6. The Morgan fingerprint density at radius 1 is 0.690 bits per heavy atom. The molecule has 0 aliphatic heterocycles. The molecule has 0 saturated carbocycles. The van der Waals surface area contributed by atoms with E-state index in [1.165, 1.54) is 0 Å². The minimum atomic E-state index is -0.381. The fourth-order valence-electron chi connectivity index (χ4n) is 2.95. The van der Waals surface area contributed by atoms with Crippen LogP contribution in [0.1, 0.15) is 44.2 Å². The quantitative estimate of drug-likeness (QED) is 0.529. The van der Waals surface area contributed by atoms with Gasteiger partial charge in [0.05, 0.1) is 13.2 Å². The molecule has 6 nitrogen and oxygen atoms in total. The number of rotatable bonds is 11. The second kappa shape index (κ2) is 11.7. The highest BCUT2D eigenvalue weighted by Gasteiger charge is 2.13. The van der Waals surface area contributed by atoms with Crippen LogP contribution in [0.3, 0.4) is 0 Å². The van der Waals surface area contributed by atoms with Crippen LogP contribution >= 0.6 is 0 Å². The zero-order chi connectivity index (χ0) is 21.1. The summed E-state index contributed by atoms with van der Waals surface area (Å²) in [6.07, 6.45) is 0.923. The van der Waals surface area contributed by atoms with Crippen LogP contribution in [0.4, 0.5) is 0 Å². The number of hydrogen-bond acceptors (Lipinski definition) is 6. The van der Waals surface area contributed by atoms with Crippen molar-refractivity contribution < 1.29 is 28.5 Å². The molecule has 0 fully saturated rings. The Balaban J connectivity index is 1.97. The van der Waals surface area contributed by atoms with E-state index in [0.717, 1.165) is 17.5 Å². The molecule has 0 spiro atoms.